The average molecular weight is 331 g/mol. The van der Waals surface area contributed by atoms with E-state index in [1.807, 2.05) is 6.08 Å². The maximum absolute atomic E-state index is 10.8. The number of aryl methyl sites for hydroxylation is 1. The second-order valence-corrected chi connectivity index (χ2v) is 6.15. The first-order valence-corrected chi connectivity index (χ1v) is 8.62. The molecule has 0 saturated heterocycles. The monoisotopic (exact) mass is 331 g/mol. The van der Waals surface area contributed by atoms with Crippen LogP contribution in [0.2, 0.25) is 0 Å². The SMILES string of the molecule is CCCCc1ccc2ccccc2c1/C=C/c1ccc([N+](=O)[O-])cc1. The molecule has 0 spiro atoms. The first-order chi connectivity index (χ1) is 12.2. The van der Waals surface area contributed by atoms with Gasteiger partial charge in [0, 0.05) is 12.1 Å². The van der Waals surface area contributed by atoms with Gasteiger partial charge >= 0.3 is 0 Å². The van der Waals surface area contributed by atoms with Gasteiger partial charge in [0.15, 0.2) is 0 Å². The van der Waals surface area contributed by atoms with Gasteiger partial charge in [0.2, 0.25) is 0 Å². The van der Waals surface area contributed by atoms with Crippen LogP contribution < -0.4 is 0 Å². The summed E-state index contributed by atoms with van der Waals surface area (Å²) >= 11 is 0. The van der Waals surface area contributed by atoms with Crippen LogP contribution in [0.4, 0.5) is 5.69 Å². The number of nitro groups is 1. The Hall–Kier alpha value is -2.94. The molecule has 3 aromatic rings. The smallest absolute Gasteiger partial charge is 0.258 e. The van der Waals surface area contributed by atoms with Crippen molar-refractivity contribution in [2.24, 2.45) is 0 Å². The van der Waals surface area contributed by atoms with E-state index in [9.17, 15) is 10.1 Å². The second kappa shape index (κ2) is 7.75. The van der Waals surface area contributed by atoms with E-state index >= 15 is 0 Å². The molecule has 0 fully saturated rings. The van der Waals surface area contributed by atoms with Crippen molar-refractivity contribution < 1.29 is 4.92 Å². The number of rotatable bonds is 6. The number of fused-ring (bicyclic) bond motifs is 1. The molecule has 0 aliphatic heterocycles. The van der Waals surface area contributed by atoms with Crippen molar-refractivity contribution in [3.8, 4) is 0 Å². The highest BCUT2D eigenvalue weighted by molar-refractivity contribution is 5.94. The molecule has 3 heteroatoms. The maximum atomic E-state index is 10.8. The van der Waals surface area contributed by atoms with Crippen molar-refractivity contribution in [1.29, 1.82) is 0 Å². The van der Waals surface area contributed by atoms with Gasteiger partial charge < -0.3 is 0 Å². The van der Waals surface area contributed by atoms with Crippen LogP contribution >= 0.6 is 0 Å². The van der Waals surface area contributed by atoms with Crippen molar-refractivity contribution in [2.75, 3.05) is 0 Å². The number of nitrogens with zero attached hydrogens (tertiary/aromatic N) is 1. The first-order valence-electron chi connectivity index (χ1n) is 8.62. The fourth-order valence-corrected chi connectivity index (χ4v) is 3.01. The van der Waals surface area contributed by atoms with E-state index in [0.717, 1.165) is 18.4 Å². The Morgan fingerprint density at radius 1 is 0.960 bits per heavy atom. The Morgan fingerprint density at radius 2 is 1.72 bits per heavy atom. The van der Waals surface area contributed by atoms with Crippen LogP contribution in [-0.4, -0.2) is 4.92 Å². The Kier molecular flexibility index (Phi) is 5.24. The van der Waals surface area contributed by atoms with Gasteiger partial charge in [0.05, 0.1) is 4.92 Å². The predicted molar refractivity (Wildman–Crippen MR) is 105 cm³/mol. The zero-order valence-corrected chi connectivity index (χ0v) is 14.3. The van der Waals surface area contributed by atoms with Gasteiger partial charge in [-0.3, -0.25) is 10.1 Å². The van der Waals surface area contributed by atoms with Gasteiger partial charge in [-0.15, -0.1) is 0 Å². The lowest BCUT2D eigenvalue weighted by molar-refractivity contribution is -0.384. The number of unbranched alkanes of at least 4 members (excludes halogenated alkanes) is 1. The maximum Gasteiger partial charge on any atom is 0.269 e. The van der Waals surface area contributed by atoms with Gasteiger partial charge in [-0.2, -0.15) is 0 Å². The Labute approximate surface area is 147 Å². The van der Waals surface area contributed by atoms with Crippen molar-refractivity contribution in [3.63, 3.8) is 0 Å². The van der Waals surface area contributed by atoms with Gasteiger partial charge in [-0.05, 0) is 52.4 Å². The fourth-order valence-electron chi connectivity index (χ4n) is 3.01. The molecule has 25 heavy (non-hydrogen) atoms. The molecule has 0 aliphatic rings. The standard InChI is InChI=1S/C22H21NO2/c1-2-3-6-18-12-13-19-7-4-5-8-21(19)22(18)16-11-17-9-14-20(15-10-17)23(24)25/h4-5,7-16H,2-3,6H2,1H3/b16-11+. The van der Waals surface area contributed by atoms with Crippen LogP contribution in [0.15, 0.2) is 60.7 Å². The van der Waals surface area contributed by atoms with Crippen LogP contribution in [0, 0.1) is 10.1 Å². The summed E-state index contributed by atoms with van der Waals surface area (Å²) in [5, 5.41) is 13.2. The lowest BCUT2D eigenvalue weighted by Crippen LogP contribution is -1.91. The van der Waals surface area contributed by atoms with Crippen LogP contribution in [0.5, 0.6) is 0 Å². The molecule has 3 rings (SSSR count). The van der Waals surface area contributed by atoms with E-state index in [1.54, 1.807) is 24.3 Å². The van der Waals surface area contributed by atoms with Crippen molar-refractivity contribution in [1.82, 2.24) is 0 Å². The Bertz CT molecular complexity index is 911. The minimum Gasteiger partial charge on any atom is -0.258 e. The molecule has 0 amide bonds. The normalized spacial score (nSPS) is 11.2. The third-order valence-corrected chi connectivity index (χ3v) is 4.41. The summed E-state index contributed by atoms with van der Waals surface area (Å²) in [4.78, 5) is 10.4. The summed E-state index contributed by atoms with van der Waals surface area (Å²) in [6.45, 7) is 2.20. The van der Waals surface area contributed by atoms with Crippen LogP contribution in [0.25, 0.3) is 22.9 Å². The number of hydrogen-bond acceptors (Lipinski definition) is 2. The lowest BCUT2D eigenvalue weighted by atomic mass is 9.95. The highest BCUT2D eigenvalue weighted by Gasteiger charge is 2.06. The molecular weight excluding hydrogens is 310 g/mol. The van der Waals surface area contributed by atoms with Gasteiger partial charge in [-0.25, -0.2) is 0 Å². The van der Waals surface area contributed by atoms with Crippen molar-refractivity contribution in [2.45, 2.75) is 26.2 Å². The Morgan fingerprint density at radius 3 is 2.44 bits per heavy atom. The molecule has 0 atom stereocenters. The van der Waals surface area contributed by atoms with E-state index in [-0.39, 0.29) is 10.6 Å². The first kappa shape index (κ1) is 16.9. The number of non-ortho nitro benzene ring substituents is 1. The average Bonchev–Trinajstić information content (AvgIpc) is 2.65. The minimum atomic E-state index is -0.374. The molecule has 0 saturated carbocycles. The fraction of sp³-hybridized carbons (Fsp3) is 0.182. The number of hydrogen-bond donors (Lipinski definition) is 0. The molecular formula is C22H21NO2. The van der Waals surface area contributed by atoms with Crippen LogP contribution in [-0.2, 0) is 6.42 Å². The van der Waals surface area contributed by atoms with Gasteiger partial charge in [-0.1, -0.05) is 61.9 Å². The third-order valence-electron chi connectivity index (χ3n) is 4.41. The van der Waals surface area contributed by atoms with Gasteiger partial charge in [0.1, 0.15) is 0 Å². The molecule has 0 bridgehead atoms. The molecule has 0 unspecified atom stereocenters. The summed E-state index contributed by atoms with van der Waals surface area (Å²) in [6, 6.07) is 19.4. The molecule has 0 radical (unpaired) electrons. The van der Waals surface area contributed by atoms with Crippen molar-refractivity contribution >= 4 is 28.6 Å². The predicted octanol–water partition coefficient (Wildman–Crippen LogP) is 6.26. The molecule has 3 nitrogen and oxygen atoms in total. The molecule has 126 valence electrons. The summed E-state index contributed by atoms with van der Waals surface area (Å²) < 4.78 is 0. The van der Waals surface area contributed by atoms with Crippen molar-refractivity contribution in [3.05, 3.63) is 87.5 Å². The second-order valence-electron chi connectivity index (χ2n) is 6.15. The summed E-state index contributed by atoms with van der Waals surface area (Å²) in [7, 11) is 0. The molecule has 0 aromatic heterocycles. The minimum absolute atomic E-state index is 0.117. The quantitative estimate of drug-likeness (QED) is 0.304. The van der Waals surface area contributed by atoms with Gasteiger partial charge in [0.25, 0.3) is 5.69 Å². The lowest BCUT2D eigenvalue weighted by Gasteiger charge is -2.10. The van der Waals surface area contributed by atoms with Crippen LogP contribution in [0.3, 0.4) is 0 Å². The summed E-state index contributed by atoms with van der Waals surface area (Å²) in [5.74, 6) is 0. The van der Waals surface area contributed by atoms with E-state index in [2.05, 4.69) is 49.4 Å². The van der Waals surface area contributed by atoms with E-state index < -0.39 is 0 Å². The molecule has 0 aliphatic carbocycles. The topological polar surface area (TPSA) is 43.1 Å². The number of benzene rings is 3. The third kappa shape index (κ3) is 3.94. The molecule has 0 heterocycles. The van der Waals surface area contributed by atoms with E-state index in [1.165, 1.54) is 28.3 Å². The summed E-state index contributed by atoms with van der Waals surface area (Å²) in [6.07, 6.45) is 7.55. The zero-order valence-electron chi connectivity index (χ0n) is 14.3. The van der Waals surface area contributed by atoms with E-state index in [0.29, 0.717) is 0 Å². The Balaban J connectivity index is 1.99. The van der Waals surface area contributed by atoms with E-state index in [4.69, 9.17) is 0 Å². The zero-order chi connectivity index (χ0) is 17.6. The number of nitro benzene ring substituents is 1. The summed E-state index contributed by atoms with van der Waals surface area (Å²) in [5.41, 5.74) is 3.66. The van der Waals surface area contributed by atoms with Crippen LogP contribution in [0.1, 0.15) is 36.5 Å². The highest BCUT2D eigenvalue weighted by atomic mass is 16.6. The molecule has 3 aromatic carbocycles. The highest BCUT2D eigenvalue weighted by Crippen LogP contribution is 2.26. The molecule has 0 N–H and O–H groups in total. The largest absolute Gasteiger partial charge is 0.269 e.